The fourth-order valence-corrected chi connectivity index (χ4v) is 2.74. The van der Waals surface area contributed by atoms with Gasteiger partial charge in [0.2, 0.25) is 0 Å². The van der Waals surface area contributed by atoms with Gasteiger partial charge in [0.25, 0.3) is 5.91 Å². The summed E-state index contributed by atoms with van der Waals surface area (Å²) in [7, 11) is 0. The second kappa shape index (κ2) is 6.79. The molecule has 0 aliphatic rings. The molecule has 1 amide bonds. The Balaban J connectivity index is 1.61. The summed E-state index contributed by atoms with van der Waals surface area (Å²) in [6.45, 7) is 5.95. The molecule has 0 fully saturated rings. The molecule has 0 saturated carbocycles. The molecule has 0 aliphatic carbocycles. The topological polar surface area (TPSA) is 90.1 Å². The molecule has 2 heterocycles. The number of ether oxygens (including phenoxy) is 1. The van der Waals surface area contributed by atoms with Crippen LogP contribution in [0.2, 0.25) is 0 Å². The van der Waals surface area contributed by atoms with Gasteiger partial charge in [-0.15, -0.1) is 11.3 Å². The summed E-state index contributed by atoms with van der Waals surface area (Å²) < 4.78 is 10.2. The lowest BCUT2D eigenvalue weighted by Crippen LogP contribution is -2.11. The van der Waals surface area contributed by atoms with E-state index < -0.39 is 0 Å². The number of anilines is 1. The standard InChI is InChI=1S/C16H16N4O3S/c1-9-11(3)24-16(17-9)18-15(21)12-4-6-13(7-5-12)22-8-14-10(2)19-23-20-14/h4-7H,8H2,1-3H3,(H,17,18,21). The van der Waals surface area contributed by atoms with Crippen LogP contribution in [-0.2, 0) is 6.61 Å². The zero-order chi connectivity index (χ0) is 17.1. The molecule has 2 aromatic heterocycles. The molecule has 3 aromatic rings. The minimum Gasteiger partial charge on any atom is -0.487 e. The zero-order valence-electron chi connectivity index (χ0n) is 13.5. The van der Waals surface area contributed by atoms with Gasteiger partial charge in [0, 0.05) is 10.4 Å². The molecule has 7 nitrogen and oxygen atoms in total. The van der Waals surface area contributed by atoms with Crippen molar-refractivity contribution >= 4 is 22.4 Å². The number of nitrogens with one attached hydrogen (secondary N) is 1. The molecule has 0 unspecified atom stereocenters. The highest BCUT2D eigenvalue weighted by Gasteiger charge is 2.11. The highest BCUT2D eigenvalue weighted by atomic mass is 32.1. The minimum atomic E-state index is -0.202. The molecule has 124 valence electrons. The number of thiazole rings is 1. The van der Waals surface area contributed by atoms with Gasteiger partial charge in [0.15, 0.2) is 5.13 Å². The van der Waals surface area contributed by atoms with E-state index >= 15 is 0 Å². The van der Waals surface area contributed by atoms with Crippen molar-refractivity contribution in [1.82, 2.24) is 15.3 Å². The summed E-state index contributed by atoms with van der Waals surface area (Å²) in [5.41, 5.74) is 2.80. The fraction of sp³-hybridized carbons (Fsp3) is 0.250. The maximum Gasteiger partial charge on any atom is 0.257 e. The van der Waals surface area contributed by atoms with Crippen LogP contribution in [0.1, 0.15) is 32.3 Å². The van der Waals surface area contributed by atoms with Crippen LogP contribution in [0.15, 0.2) is 28.9 Å². The number of carbonyl (C=O) groups is 1. The van der Waals surface area contributed by atoms with Crippen molar-refractivity contribution in [3.8, 4) is 5.75 Å². The number of amides is 1. The Kier molecular flexibility index (Phi) is 4.57. The molecule has 8 heteroatoms. The van der Waals surface area contributed by atoms with Crippen LogP contribution in [0.5, 0.6) is 5.75 Å². The zero-order valence-corrected chi connectivity index (χ0v) is 14.3. The number of benzene rings is 1. The number of aromatic nitrogens is 3. The molecule has 3 rings (SSSR count). The highest BCUT2D eigenvalue weighted by Crippen LogP contribution is 2.22. The average Bonchev–Trinajstić information content (AvgIpc) is 3.11. The van der Waals surface area contributed by atoms with Crippen LogP contribution < -0.4 is 10.1 Å². The summed E-state index contributed by atoms with van der Waals surface area (Å²) in [5, 5.41) is 10.8. The third-order valence-electron chi connectivity index (χ3n) is 3.49. The Morgan fingerprint density at radius 1 is 1.17 bits per heavy atom. The molecule has 0 radical (unpaired) electrons. The van der Waals surface area contributed by atoms with Crippen molar-refractivity contribution in [1.29, 1.82) is 0 Å². The number of hydrogen-bond acceptors (Lipinski definition) is 7. The van der Waals surface area contributed by atoms with E-state index in [4.69, 9.17) is 4.74 Å². The summed E-state index contributed by atoms with van der Waals surface area (Å²) in [4.78, 5) is 17.6. The number of carbonyl (C=O) groups excluding carboxylic acids is 1. The molecule has 0 aliphatic heterocycles. The van der Waals surface area contributed by atoms with Crippen LogP contribution >= 0.6 is 11.3 Å². The quantitative estimate of drug-likeness (QED) is 0.764. The lowest BCUT2D eigenvalue weighted by molar-refractivity contribution is 0.102. The maximum atomic E-state index is 12.2. The minimum absolute atomic E-state index is 0.202. The summed E-state index contributed by atoms with van der Waals surface area (Å²) >= 11 is 1.46. The van der Waals surface area contributed by atoms with Crippen molar-refractivity contribution in [2.75, 3.05) is 5.32 Å². The van der Waals surface area contributed by atoms with Crippen LogP contribution in [0.4, 0.5) is 5.13 Å². The van der Waals surface area contributed by atoms with Crippen LogP contribution in [0.25, 0.3) is 0 Å². The Bertz CT molecular complexity index is 835. The first-order valence-corrected chi connectivity index (χ1v) is 8.11. The van der Waals surface area contributed by atoms with Gasteiger partial charge in [-0.1, -0.05) is 10.3 Å². The normalized spacial score (nSPS) is 10.6. The monoisotopic (exact) mass is 344 g/mol. The molecular weight excluding hydrogens is 328 g/mol. The number of nitrogens with zero attached hydrogens (tertiary/aromatic N) is 3. The molecule has 0 saturated heterocycles. The van der Waals surface area contributed by atoms with Crippen molar-refractivity contribution in [3.63, 3.8) is 0 Å². The summed E-state index contributed by atoms with van der Waals surface area (Å²) in [5.74, 6) is 0.432. The number of aryl methyl sites for hydroxylation is 3. The maximum absolute atomic E-state index is 12.2. The van der Waals surface area contributed by atoms with E-state index in [1.54, 1.807) is 31.2 Å². The first-order valence-electron chi connectivity index (χ1n) is 7.29. The van der Waals surface area contributed by atoms with Gasteiger partial charge in [-0.3, -0.25) is 10.1 Å². The SMILES string of the molecule is Cc1nonc1COc1ccc(C(=O)Nc2nc(C)c(C)s2)cc1. The largest absolute Gasteiger partial charge is 0.487 e. The second-order valence-electron chi connectivity index (χ2n) is 5.22. The highest BCUT2D eigenvalue weighted by molar-refractivity contribution is 7.15. The van der Waals surface area contributed by atoms with Crippen LogP contribution in [-0.4, -0.2) is 21.2 Å². The van der Waals surface area contributed by atoms with E-state index in [1.165, 1.54) is 11.3 Å². The molecular formula is C16H16N4O3S. The van der Waals surface area contributed by atoms with E-state index in [-0.39, 0.29) is 12.5 Å². The first kappa shape index (κ1) is 16.1. The molecule has 0 atom stereocenters. The molecule has 0 spiro atoms. The van der Waals surface area contributed by atoms with Crippen LogP contribution in [0.3, 0.4) is 0 Å². The molecule has 24 heavy (non-hydrogen) atoms. The van der Waals surface area contributed by atoms with Crippen LogP contribution in [0, 0.1) is 20.8 Å². The first-order chi connectivity index (χ1) is 11.5. The van der Waals surface area contributed by atoms with Crippen molar-refractivity contribution in [3.05, 3.63) is 51.8 Å². The third kappa shape index (κ3) is 3.60. The molecule has 1 aromatic carbocycles. The van der Waals surface area contributed by atoms with Gasteiger partial charge in [-0.05, 0) is 45.0 Å². The van der Waals surface area contributed by atoms with E-state index in [0.29, 0.717) is 27.8 Å². The smallest absolute Gasteiger partial charge is 0.257 e. The van der Waals surface area contributed by atoms with E-state index in [1.807, 2.05) is 13.8 Å². The molecule has 0 bridgehead atoms. The van der Waals surface area contributed by atoms with Crippen molar-refractivity contribution in [2.24, 2.45) is 0 Å². The van der Waals surface area contributed by atoms with Gasteiger partial charge >= 0.3 is 0 Å². The second-order valence-corrected chi connectivity index (χ2v) is 6.43. The fourth-order valence-electron chi connectivity index (χ4n) is 1.93. The van der Waals surface area contributed by atoms with Gasteiger partial charge in [0.1, 0.15) is 23.7 Å². The Labute approximate surface area is 142 Å². The van der Waals surface area contributed by atoms with Gasteiger partial charge in [-0.25, -0.2) is 9.61 Å². The Morgan fingerprint density at radius 3 is 2.50 bits per heavy atom. The predicted molar refractivity (Wildman–Crippen MR) is 89.4 cm³/mol. The average molecular weight is 344 g/mol. The van der Waals surface area contributed by atoms with E-state index in [0.717, 1.165) is 10.6 Å². The summed E-state index contributed by atoms with van der Waals surface area (Å²) in [6, 6.07) is 6.87. The van der Waals surface area contributed by atoms with E-state index in [9.17, 15) is 4.79 Å². The van der Waals surface area contributed by atoms with Gasteiger partial charge in [0.05, 0.1) is 5.69 Å². The molecule has 1 N–H and O–H groups in total. The third-order valence-corrected chi connectivity index (χ3v) is 4.48. The lowest BCUT2D eigenvalue weighted by atomic mass is 10.2. The van der Waals surface area contributed by atoms with Crippen molar-refractivity contribution in [2.45, 2.75) is 27.4 Å². The van der Waals surface area contributed by atoms with E-state index in [2.05, 4.69) is 25.2 Å². The van der Waals surface area contributed by atoms with Gasteiger partial charge < -0.3 is 4.74 Å². The predicted octanol–water partition coefficient (Wildman–Crippen LogP) is 3.28. The Morgan fingerprint density at radius 2 is 1.92 bits per heavy atom. The number of hydrogen-bond donors (Lipinski definition) is 1. The lowest BCUT2D eigenvalue weighted by Gasteiger charge is -2.06. The summed E-state index contributed by atoms with van der Waals surface area (Å²) in [6.07, 6.45) is 0. The van der Waals surface area contributed by atoms with Gasteiger partial charge in [-0.2, -0.15) is 0 Å². The van der Waals surface area contributed by atoms with Crippen molar-refractivity contribution < 1.29 is 14.2 Å². The number of rotatable bonds is 5. The Hall–Kier alpha value is -2.74.